The second-order valence-electron chi connectivity index (χ2n) is 17.3. The Morgan fingerprint density at radius 1 is 0.554 bits per heavy atom. The summed E-state index contributed by atoms with van der Waals surface area (Å²) in [5.74, 6) is 1.79. The van der Waals surface area contributed by atoms with E-state index < -0.39 is 23.3 Å². The molecule has 0 fully saturated rings. The molecule has 0 aliphatic rings. The number of rotatable bonds is 16. The van der Waals surface area contributed by atoms with E-state index in [0.29, 0.717) is 35.5 Å². The summed E-state index contributed by atoms with van der Waals surface area (Å²) in [6, 6.07) is 25.5. The third-order valence-corrected chi connectivity index (χ3v) is 9.50. The van der Waals surface area contributed by atoms with Gasteiger partial charge in [0.2, 0.25) is 6.29 Å². The number of carbonyl (C=O) groups excluding carboxylic acids is 2. The van der Waals surface area contributed by atoms with E-state index in [4.69, 9.17) is 28.4 Å². The second kappa shape index (κ2) is 17.8. The van der Waals surface area contributed by atoms with Crippen molar-refractivity contribution < 1.29 is 43.1 Å². The normalized spacial score (nSPS) is 12.7. The number of carbonyl (C=O) groups is 2. The molecule has 9 heteroatoms. The summed E-state index contributed by atoms with van der Waals surface area (Å²) in [5, 5.41) is 11.2. The molecule has 0 amide bonds. The van der Waals surface area contributed by atoms with Gasteiger partial charge >= 0.3 is 11.9 Å². The predicted molar refractivity (Wildman–Crippen MR) is 219 cm³/mol. The molecular weight excluding hydrogens is 709 g/mol. The second-order valence-corrected chi connectivity index (χ2v) is 17.3. The van der Waals surface area contributed by atoms with Crippen LogP contribution in [0.5, 0.6) is 23.0 Å². The molecule has 0 aromatic heterocycles. The number of esters is 2. The van der Waals surface area contributed by atoms with Crippen molar-refractivity contribution in [3.8, 4) is 23.0 Å². The van der Waals surface area contributed by atoms with Crippen LogP contribution in [0.15, 0.2) is 84.9 Å². The van der Waals surface area contributed by atoms with Gasteiger partial charge in [-0.3, -0.25) is 0 Å². The van der Waals surface area contributed by atoms with Crippen LogP contribution in [-0.2, 0) is 22.3 Å². The highest BCUT2D eigenvalue weighted by Gasteiger charge is 2.46. The van der Waals surface area contributed by atoms with Gasteiger partial charge in [-0.1, -0.05) is 38.1 Å². The maximum Gasteiger partial charge on any atom is 0.338 e. The van der Waals surface area contributed by atoms with Gasteiger partial charge in [0.1, 0.15) is 39.8 Å². The standard InChI is InChI=1S/C47H60O9/c1-31-29-36(30-32(2)40(31)56-45(6,7)8)42(49)52-28-26-33-13-19-37(20-14-33)53-43(50)46(9,10)47(11,12)55-39-23-17-35(18-24-39)41(48)51-27-25-34-15-21-38(22-16-34)54-44(3,4)5/h13-24,29-30,43,50H,25-28H2,1-12H3. The van der Waals surface area contributed by atoms with Crippen LogP contribution < -0.4 is 18.9 Å². The SMILES string of the molecule is Cc1cc(C(=O)OCCc2ccc(OC(O)C(C)(C)C(C)(C)Oc3ccc(C(=O)OCCc4ccc(OC(C)(C)C)cc4)cc3)cc2)cc(C)c1OC(C)(C)C. The van der Waals surface area contributed by atoms with Crippen molar-refractivity contribution in [3.63, 3.8) is 0 Å². The zero-order valence-corrected chi connectivity index (χ0v) is 35.2. The van der Waals surface area contributed by atoms with Crippen LogP contribution in [0.2, 0.25) is 0 Å². The van der Waals surface area contributed by atoms with E-state index in [1.807, 2.05) is 119 Å². The van der Waals surface area contributed by atoms with Gasteiger partial charge < -0.3 is 33.5 Å². The minimum atomic E-state index is -1.21. The first-order valence-electron chi connectivity index (χ1n) is 19.2. The number of benzene rings is 4. The summed E-state index contributed by atoms with van der Waals surface area (Å²) in [6.45, 7) is 23.8. The van der Waals surface area contributed by atoms with Crippen molar-refractivity contribution in [3.05, 3.63) is 118 Å². The molecule has 0 saturated heterocycles. The van der Waals surface area contributed by atoms with Crippen LogP contribution in [-0.4, -0.2) is 53.4 Å². The first-order valence-corrected chi connectivity index (χ1v) is 19.2. The van der Waals surface area contributed by atoms with E-state index in [9.17, 15) is 14.7 Å². The molecule has 0 aliphatic heterocycles. The van der Waals surface area contributed by atoms with E-state index >= 15 is 0 Å². The van der Waals surface area contributed by atoms with Gasteiger partial charge in [0, 0.05) is 12.8 Å². The Morgan fingerprint density at radius 2 is 0.964 bits per heavy atom. The molecule has 4 aromatic rings. The van der Waals surface area contributed by atoms with Gasteiger partial charge in [-0.15, -0.1) is 0 Å². The highest BCUT2D eigenvalue weighted by atomic mass is 16.6. The highest BCUT2D eigenvalue weighted by molar-refractivity contribution is 5.90. The average Bonchev–Trinajstić information content (AvgIpc) is 3.10. The lowest BCUT2D eigenvalue weighted by atomic mass is 9.76. The van der Waals surface area contributed by atoms with E-state index in [2.05, 4.69) is 0 Å². The Kier molecular flexibility index (Phi) is 13.9. The van der Waals surface area contributed by atoms with Gasteiger partial charge in [0.15, 0.2) is 0 Å². The molecule has 0 saturated carbocycles. The van der Waals surface area contributed by atoms with Gasteiger partial charge in [0.05, 0.1) is 29.8 Å². The Morgan fingerprint density at radius 3 is 1.43 bits per heavy atom. The lowest BCUT2D eigenvalue weighted by molar-refractivity contribution is -0.168. The molecule has 0 spiro atoms. The van der Waals surface area contributed by atoms with Crippen LogP contribution in [0.1, 0.15) is 112 Å². The van der Waals surface area contributed by atoms with Crippen molar-refractivity contribution in [1.82, 2.24) is 0 Å². The Balaban J connectivity index is 1.24. The first-order chi connectivity index (χ1) is 26.0. The molecule has 4 aromatic carbocycles. The number of hydrogen-bond acceptors (Lipinski definition) is 9. The van der Waals surface area contributed by atoms with Crippen LogP contribution in [0.25, 0.3) is 0 Å². The number of aliphatic hydroxyl groups excluding tert-OH is 1. The number of ether oxygens (including phenoxy) is 6. The predicted octanol–water partition coefficient (Wildman–Crippen LogP) is 10.0. The molecule has 0 aliphatic carbocycles. The Hall–Kier alpha value is -5.02. The van der Waals surface area contributed by atoms with Gasteiger partial charge in [-0.25, -0.2) is 9.59 Å². The van der Waals surface area contributed by atoms with Crippen LogP contribution in [0.3, 0.4) is 0 Å². The minimum Gasteiger partial charge on any atom is -0.488 e. The molecule has 9 nitrogen and oxygen atoms in total. The molecule has 1 unspecified atom stereocenters. The summed E-state index contributed by atoms with van der Waals surface area (Å²) < 4.78 is 35.3. The molecular formula is C47H60O9. The highest BCUT2D eigenvalue weighted by Crippen LogP contribution is 2.39. The third-order valence-electron chi connectivity index (χ3n) is 9.50. The maximum absolute atomic E-state index is 12.8. The van der Waals surface area contributed by atoms with E-state index in [-0.39, 0.29) is 30.4 Å². The van der Waals surface area contributed by atoms with Gasteiger partial charge in [-0.2, -0.15) is 0 Å². The van der Waals surface area contributed by atoms with Crippen molar-refractivity contribution in [2.45, 2.75) is 119 Å². The molecule has 1 atom stereocenters. The quantitative estimate of drug-likeness (QED) is 0.0880. The largest absolute Gasteiger partial charge is 0.488 e. The summed E-state index contributed by atoms with van der Waals surface area (Å²) in [7, 11) is 0. The summed E-state index contributed by atoms with van der Waals surface area (Å²) in [4.78, 5) is 25.5. The van der Waals surface area contributed by atoms with Crippen molar-refractivity contribution in [2.24, 2.45) is 5.41 Å². The lowest BCUT2D eigenvalue weighted by Gasteiger charge is -2.43. The Bertz CT molecular complexity index is 1890. The van der Waals surface area contributed by atoms with Gasteiger partial charge in [0.25, 0.3) is 0 Å². The molecule has 0 bridgehead atoms. The molecule has 0 heterocycles. The van der Waals surface area contributed by atoms with Crippen molar-refractivity contribution in [1.29, 1.82) is 0 Å². The lowest BCUT2D eigenvalue weighted by Crippen LogP contribution is -2.53. The molecule has 4 rings (SSSR count). The zero-order chi connectivity index (χ0) is 41.5. The van der Waals surface area contributed by atoms with E-state index in [1.165, 1.54) is 0 Å². The minimum absolute atomic E-state index is 0.213. The number of hydrogen-bond donors (Lipinski definition) is 1. The molecule has 302 valence electrons. The maximum atomic E-state index is 12.8. The molecule has 56 heavy (non-hydrogen) atoms. The van der Waals surface area contributed by atoms with Crippen LogP contribution in [0, 0.1) is 19.3 Å². The smallest absolute Gasteiger partial charge is 0.338 e. The van der Waals surface area contributed by atoms with E-state index in [0.717, 1.165) is 33.8 Å². The summed E-state index contributed by atoms with van der Waals surface area (Å²) >= 11 is 0. The van der Waals surface area contributed by atoms with Crippen molar-refractivity contribution in [2.75, 3.05) is 13.2 Å². The summed E-state index contributed by atoms with van der Waals surface area (Å²) in [6.07, 6.45) is -0.112. The first kappa shape index (κ1) is 43.7. The zero-order valence-electron chi connectivity index (χ0n) is 35.2. The number of aryl methyl sites for hydroxylation is 2. The fourth-order valence-electron chi connectivity index (χ4n) is 5.70. The van der Waals surface area contributed by atoms with Crippen molar-refractivity contribution >= 4 is 11.9 Å². The summed E-state index contributed by atoms with van der Waals surface area (Å²) in [5.41, 5.74) is 2.29. The third kappa shape index (κ3) is 12.5. The monoisotopic (exact) mass is 768 g/mol. The van der Waals surface area contributed by atoms with Gasteiger partial charge in [-0.05, 0) is 152 Å². The fourth-order valence-corrected chi connectivity index (χ4v) is 5.70. The number of aliphatic hydroxyl groups is 1. The Labute approximate surface area is 333 Å². The molecule has 1 N–H and O–H groups in total. The molecule has 0 radical (unpaired) electrons. The van der Waals surface area contributed by atoms with Crippen LogP contribution >= 0.6 is 0 Å². The van der Waals surface area contributed by atoms with E-state index in [1.54, 1.807) is 48.5 Å². The van der Waals surface area contributed by atoms with Crippen LogP contribution in [0.4, 0.5) is 0 Å². The fraction of sp³-hybridized carbons (Fsp3) is 0.447. The average molecular weight is 769 g/mol. The topological polar surface area (TPSA) is 110 Å².